The molecule has 1 atom stereocenters. The lowest BCUT2D eigenvalue weighted by molar-refractivity contribution is -0.369. The van der Waals surface area contributed by atoms with Crippen molar-refractivity contribution in [1.82, 2.24) is 14.9 Å². The van der Waals surface area contributed by atoms with Crippen LogP contribution < -0.4 is 10.7 Å². The van der Waals surface area contributed by atoms with Gasteiger partial charge in [0.05, 0.1) is 24.8 Å². The Hall–Kier alpha value is -2.51. The van der Waals surface area contributed by atoms with E-state index in [0.29, 0.717) is 24.0 Å². The maximum Gasteiger partial charge on any atom is 0.345 e. The SMILES string of the molecule is C=CC(=O)N1CC2(CC2)OCC1c1cc(Cl)cc(-c2nc[nH+]c(N)n2)c1. The molecule has 7 nitrogen and oxygen atoms in total. The highest BCUT2D eigenvalue weighted by Crippen LogP contribution is 2.46. The van der Waals surface area contributed by atoms with Crippen LogP contribution in [0.15, 0.2) is 37.2 Å². The number of H-pyrrole nitrogens is 1. The van der Waals surface area contributed by atoms with E-state index >= 15 is 0 Å². The van der Waals surface area contributed by atoms with E-state index in [1.165, 1.54) is 12.4 Å². The number of hydrogen-bond acceptors (Lipinski definition) is 5. The standard InChI is InChI=1S/C18H18ClN5O2/c1-2-15(25)24-9-18(3-4-18)26-8-14(24)11-5-12(7-13(19)6-11)16-21-10-22-17(20)23-16/h2,5-7,10,14H,1,3-4,8-9H2,(H2,20,21,22,23)/p+1. The molecule has 3 N–H and O–H groups in total. The molecule has 1 saturated heterocycles. The summed E-state index contributed by atoms with van der Waals surface area (Å²) in [7, 11) is 0. The van der Waals surface area contributed by atoms with Crippen molar-refractivity contribution in [3.8, 4) is 11.4 Å². The maximum atomic E-state index is 12.4. The highest BCUT2D eigenvalue weighted by atomic mass is 35.5. The van der Waals surface area contributed by atoms with Gasteiger partial charge in [-0.1, -0.05) is 23.2 Å². The smallest absolute Gasteiger partial charge is 0.345 e. The minimum Gasteiger partial charge on any atom is -0.371 e. The summed E-state index contributed by atoms with van der Waals surface area (Å²) in [5, 5.41) is 0.533. The van der Waals surface area contributed by atoms with Crippen LogP contribution in [0.5, 0.6) is 0 Å². The van der Waals surface area contributed by atoms with Gasteiger partial charge in [-0.05, 0) is 42.7 Å². The number of aromatic amines is 1. The number of carbonyl (C=O) groups excluding carboxylic acids is 1. The van der Waals surface area contributed by atoms with Crippen LogP contribution >= 0.6 is 11.6 Å². The molecule has 1 saturated carbocycles. The molecule has 8 heteroatoms. The molecule has 1 aliphatic carbocycles. The Morgan fingerprint density at radius 2 is 2.27 bits per heavy atom. The van der Waals surface area contributed by atoms with E-state index in [4.69, 9.17) is 22.1 Å². The fourth-order valence-corrected chi connectivity index (χ4v) is 3.53. The first-order chi connectivity index (χ1) is 12.5. The average molecular weight is 373 g/mol. The molecule has 1 aromatic carbocycles. The summed E-state index contributed by atoms with van der Waals surface area (Å²) in [6.07, 6.45) is 4.78. The van der Waals surface area contributed by atoms with Crippen LogP contribution in [0.2, 0.25) is 5.02 Å². The third kappa shape index (κ3) is 3.15. The normalized spacial score (nSPS) is 20.8. The Labute approximate surface area is 155 Å². The second-order valence-electron chi connectivity index (χ2n) is 6.68. The van der Waals surface area contributed by atoms with Gasteiger partial charge in [-0.3, -0.25) is 4.79 Å². The number of hydrogen-bond donors (Lipinski definition) is 1. The largest absolute Gasteiger partial charge is 0.371 e. The number of ether oxygens (including phenoxy) is 1. The quantitative estimate of drug-likeness (QED) is 0.829. The van der Waals surface area contributed by atoms with Gasteiger partial charge in [0.2, 0.25) is 5.91 Å². The summed E-state index contributed by atoms with van der Waals surface area (Å²) in [5.41, 5.74) is 7.13. The van der Waals surface area contributed by atoms with Crippen LogP contribution in [-0.4, -0.2) is 39.5 Å². The Kier molecular flexibility index (Phi) is 4.13. The number of morpholine rings is 1. The molecular formula is C18H19ClN5O2+. The molecule has 0 bridgehead atoms. The summed E-state index contributed by atoms with van der Waals surface area (Å²) in [6, 6.07) is 5.29. The van der Waals surface area contributed by atoms with Gasteiger partial charge in [0.1, 0.15) is 0 Å². The Balaban J connectivity index is 1.72. The topological polar surface area (TPSA) is 95.5 Å². The van der Waals surface area contributed by atoms with Crippen molar-refractivity contribution in [2.75, 3.05) is 18.9 Å². The zero-order valence-electron chi connectivity index (χ0n) is 14.1. The number of nitrogens with two attached hydrogens (primary N) is 1. The van der Waals surface area contributed by atoms with Gasteiger partial charge in [-0.15, -0.1) is 4.98 Å². The molecule has 2 aliphatic rings. The fraction of sp³-hybridized carbons (Fsp3) is 0.333. The zero-order chi connectivity index (χ0) is 18.3. The number of nitrogens with zero attached hydrogens (tertiary/aromatic N) is 3. The maximum absolute atomic E-state index is 12.4. The average Bonchev–Trinajstić information content (AvgIpc) is 3.39. The van der Waals surface area contributed by atoms with E-state index in [1.807, 2.05) is 17.0 Å². The number of nitrogen functional groups attached to an aromatic ring is 1. The van der Waals surface area contributed by atoms with E-state index < -0.39 is 0 Å². The molecule has 1 aromatic heterocycles. The number of anilines is 1. The summed E-state index contributed by atoms with van der Waals surface area (Å²) in [5.74, 6) is 0.611. The first-order valence-electron chi connectivity index (χ1n) is 8.38. The number of amides is 1. The molecule has 4 rings (SSSR count). The first kappa shape index (κ1) is 16.9. The van der Waals surface area contributed by atoms with Gasteiger partial charge < -0.3 is 15.4 Å². The molecule has 2 fully saturated rings. The monoisotopic (exact) mass is 372 g/mol. The van der Waals surface area contributed by atoms with E-state index in [0.717, 1.165) is 24.0 Å². The Morgan fingerprint density at radius 3 is 2.96 bits per heavy atom. The molecular weight excluding hydrogens is 354 g/mol. The molecule has 1 aliphatic heterocycles. The second-order valence-corrected chi connectivity index (χ2v) is 7.11. The van der Waals surface area contributed by atoms with Crippen molar-refractivity contribution >= 4 is 23.5 Å². The van der Waals surface area contributed by atoms with Crippen LogP contribution in [0.1, 0.15) is 24.4 Å². The number of aromatic nitrogens is 3. The van der Waals surface area contributed by atoms with Crippen molar-refractivity contribution in [1.29, 1.82) is 0 Å². The summed E-state index contributed by atoms with van der Waals surface area (Å²) >= 11 is 6.33. The number of benzene rings is 1. The van der Waals surface area contributed by atoms with Gasteiger partial charge in [0.25, 0.3) is 5.82 Å². The molecule has 134 valence electrons. The van der Waals surface area contributed by atoms with Crippen molar-refractivity contribution in [3.63, 3.8) is 0 Å². The second kappa shape index (κ2) is 6.34. The van der Waals surface area contributed by atoms with Crippen molar-refractivity contribution in [2.45, 2.75) is 24.5 Å². The predicted molar refractivity (Wildman–Crippen MR) is 96.0 cm³/mol. The molecule has 1 unspecified atom stereocenters. The Bertz CT molecular complexity index is 884. The van der Waals surface area contributed by atoms with E-state index in [1.54, 1.807) is 6.07 Å². The van der Waals surface area contributed by atoms with Crippen molar-refractivity contribution in [3.05, 3.63) is 47.8 Å². The van der Waals surface area contributed by atoms with Crippen LogP contribution in [0.3, 0.4) is 0 Å². The molecule has 2 aromatic rings. The fourth-order valence-electron chi connectivity index (χ4n) is 3.29. The molecule has 26 heavy (non-hydrogen) atoms. The molecule has 0 radical (unpaired) electrons. The number of halogens is 1. The van der Waals surface area contributed by atoms with Crippen LogP contribution in [0.25, 0.3) is 11.4 Å². The van der Waals surface area contributed by atoms with E-state index in [2.05, 4.69) is 21.5 Å². The van der Waals surface area contributed by atoms with E-state index in [-0.39, 0.29) is 23.5 Å². The van der Waals surface area contributed by atoms with Crippen LogP contribution in [0, 0.1) is 0 Å². The van der Waals surface area contributed by atoms with Crippen molar-refractivity contribution in [2.24, 2.45) is 0 Å². The number of carbonyl (C=O) groups is 1. The van der Waals surface area contributed by atoms with Crippen molar-refractivity contribution < 1.29 is 14.5 Å². The summed E-state index contributed by atoms with van der Waals surface area (Å²) in [4.78, 5) is 25.4. The number of rotatable bonds is 3. The molecule has 2 heterocycles. The Morgan fingerprint density at radius 1 is 1.46 bits per heavy atom. The first-order valence-corrected chi connectivity index (χ1v) is 8.75. The van der Waals surface area contributed by atoms with Gasteiger partial charge in [0.15, 0.2) is 6.33 Å². The highest BCUT2D eigenvalue weighted by molar-refractivity contribution is 6.31. The lowest BCUT2D eigenvalue weighted by atomic mass is 10.00. The van der Waals surface area contributed by atoms with E-state index in [9.17, 15) is 4.79 Å². The minimum absolute atomic E-state index is 0.110. The number of nitrogens with one attached hydrogen (secondary N) is 1. The minimum atomic E-state index is -0.239. The summed E-state index contributed by atoms with van der Waals surface area (Å²) < 4.78 is 6.05. The van der Waals surface area contributed by atoms with Gasteiger partial charge in [0, 0.05) is 10.6 Å². The predicted octanol–water partition coefficient (Wildman–Crippen LogP) is 1.81. The molecule has 1 spiro atoms. The lowest BCUT2D eigenvalue weighted by Gasteiger charge is -2.40. The van der Waals surface area contributed by atoms with Gasteiger partial charge >= 0.3 is 5.95 Å². The highest BCUT2D eigenvalue weighted by Gasteiger charge is 2.50. The van der Waals surface area contributed by atoms with Crippen LogP contribution in [0.4, 0.5) is 5.95 Å². The lowest BCUT2D eigenvalue weighted by Crippen LogP contribution is -2.48. The summed E-state index contributed by atoms with van der Waals surface area (Å²) in [6.45, 7) is 4.61. The zero-order valence-corrected chi connectivity index (χ0v) is 14.9. The van der Waals surface area contributed by atoms with Gasteiger partial charge in [-0.2, -0.15) is 0 Å². The van der Waals surface area contributed by atoms with Gasteiger partial charge in [-0.25, -0.2) is 4.98 Å². The molecule has 1 amide bonds. The van der Waals surface area contributed by atoms with Crippen LogP contribution in [-0.2, 0) is 9.53 Å². The third-order valence-electron chi connectivity index (χ3n) is 4.84. The third-order valence-corrected chi connectivity index (χ3v) is 5.05.